The van der Waals surface area contributed by atoms with Gasteiger partial charge in [-0.15, -0.1) is 0 Å². The minimum Gasteiger partial charge on any atom is -0.494 e. The zero-order valence-corrected chi connectivity index (χ0v) is 13.0. The Morgan fingerprint density at radius 3 is 2.55 bits per heavy atom. The molecule has 0 spiro atoms. The van der Waals surface area contributed by atoms with E-state index in [0.717, 1.165) is 5.39 Å². The number of carbonyl (C=O) groups excluding carboxylic acids is 1. The van der Waals surface area contributed by atoms with Gasteiger partial charge < -0.3 is 14.2 Å². The molecule has 1 aromatic heterocycles. The molecule has 0 N–H and O–H groups in total. The van der Waals surface area contributed by atoms with Gasteiger partial charge in [-0.2, -0.15) is 0 Å². The van der Waals surface area contributed by atoms with Crippen molar-refractivity contribution < 1.29 is 19.0 Å². The highest BCUT2D eigenvalue weighted by Gasteiger charge is 2.14. The minimum atomic E-state index is -0.384. The van der Waals surface area contributed by atoms with Gasteiger partial charge in [-0.1, -0.05) is 12.6 Å². The molecular formula is C17H19NO4. The maximum Gasteiger partial charge on any atom is 0.338 e. The van der Waals surface area contributed by atoms with Gasteiger partial charge in [-0.3, -0.25) is 0 Å². The molecule has 0 bridgehead atoms. The highest BCUT2D eigenvalue weighted by atomic mass is 16.5. The molecule has 0 radical (unpaired) electrons. The van der Waals surface area contributed by atoms with E-state index in [1.807, 2.05) is 13.0 Å². The van der Waals surface area contributed by atoms with Crippen LogP contribution < -0.4 is 4.74 Å². The van der Waals surface area contributed by atoms with Crippen LogP contribution in [0.1, 0.15) is 29.9 Å². The summed E-state index contributed by atoms with van der Waals surface area (Å²) in [6, 6.07) is 7.01. The van der Waals surface area contributed by atoms with Crippen LogP contribution >= 0.6 is 0 Å². The second-order valence-corrected chi connectivity index (χ2v) is 4.52. The molecule has 0 amide bonds. The smallest absolute Gasteiger partial charge is 0.338 e. The number of hydrogen-bond acceptors (Lipinski definition) is 5. The largest absolute Gasteiger partial charge is 0.494 e. The number of fused-ring (bicyclic) bond motifs is 1. The molecule has 5 nitrogen and oxygen atoms in total. The normalized spacial score (nSPS) is 10.3. The SMILES string of the molecule is C=C(OCC)c1ccc2cc(C(=O)OCC)cc(OC)c2n1. The summed E-state index contributed by atoms with van der Waals surface area (Å²) < 4.78 is 15.7. The average molecular weight is 301 g/mol. The number of benzene rings is 1. The van der Waals surface area contributed by atoms with Crippen molar-refractivity contribution in [3.8, 4) is 5.75 Å². The molecule has 0 atom stereocenters. The van der Waals surface area contributed by atoms with E-state index >= 15 is 0 Å². The molecule has 5 heteroatoms. The highest BCUT2D eigenvalue weighted by molar-refractivity contribution is 5.97. The van der Waals surface area contributed by atoms with Crippen molar-refractivity contribution in [2.75, 3.05) is 20.3 Å². The molecule has 1 heterocycles. The van der Waals surface area contributed by atoms with Crippen LogP contribution in [0.2, 0.25) is 0 Å². The summed E-state index contributed by atoms with van der Waals surface area (Å²) in [6.45, 7) is 8.35. The third-order valence-corrected chi connectivity index (χ3v) is 3.09. The quantitative estimate of drug-likeness (QED) is 0.604. The van der Waals surface area contributed by atoms with Gasteiger partial charge in [0.25, 0.3) is 0 Å². The van der Waals surface area contributed by atoms with Gasteiger partial charge in [0.1, 0.15) is 22.7 Å². The van der Waals surface area contributed by atoms with Crippen molar-refractivity contribution in [1.29, 1.82) is 0 Å². The van der Waals surface area contributed by atoms with E-state index in [9.17, 15) is 4.79 Å². The van der Waals surface area contributed by atoms with Gasteiger partial charge >= 0.3 is 5.97 Å². The fourth-order valence-corrected chi connectivity index (χ4v) is 2.09. The van der Waals surface area contributed by atoms with Crippen LogP contribution in [0.4, 0.5) is 0 Å². The fraction of sp³-hybridized carbons (Fsp3) is 0.294. The first kappa shape index (κ1) is 15.8. The lowest BCUT2D eigenvalue weighted by Crippen LogP contribution is -2.05. The Kier molecular flexibility index (Phi) is 4.99. The molecule has 0 saturated heterocycles. The van der Waals surface area contributed by atoms with Crippen molar-refractivity contribution in [3.63, 3.8) is 0 Å². The predicted molar refractivity (Wildman–Crippen MR) is 84.9 cm³/mol. The third-order valence-electron chi connectivity index (χ3n) is 3.09. The van der Waals surface area contributed by atoms with Gasteiger partial charge in [0.05, 0.1) is 25.9 Å². The van der Waals surface area contributed by atoms with Gasteiger partial charge in [0, 0.05) is 5.39 Å². The standard InChI is InChI=1S/C17H19NO4/c1-5-21-11(3)14-8-7-12-9-13(17(19)22-6-2)10-15(20-4)16(12)18-14/h7-10H,3,5-6H2,1-2,4H3. The van der Waals surface area contributed by atoms with Crippen LogP contribution in [0.25, 0.3) is 16.7 Å². The number of hydrogen-bond donors (Lipinski definition) is 0. The van der Waals surface area contributed by atoms with Crippen LogP contribution in [0.3, 0.4) is 0 Å². The Balaban J connectivity index is 2.51. The summed E-state index contributed by atoms with van der Waals surface area (Å²) in [7, 11) is 1.54. The summed E-state index contributed by atoms with van der Waals surface area (Å²) in [5.74, 6) is 0.623. The van der Waals surface area contributed by atoms with Crippen molar-refractivity contribution in [3.05, 3.63) is 42.1 Å². The van der Waals surface area contributed by atoms with Gasteiger partial charge in [-0.05, 0) is 32.0 Å². The maximum atomic E-state index is 11.9. The Bertz CT molecular complexity index is 709. The van der Waals surface area contributed by atoms with Crippen molar-refractivity contribution in [1.82, 2.24) is 4.98 Å². The molecule has 2 rings (SSSR count). The zero-order chi connectivity index (χ0) is 16.1. The number of rotatable bonds is 6. The van der Waals surface area contributed by atoms with E-state index in [4.69, 9.17) is 14.2 Å². The predicted octanol–water partition coefficient (Wildman–Crippen LogP) is 3.43. The number of methoxy groups -OCH3 is 1. The van der Waals surface area contributed by atoms with Crippen LogP contribution in [0.5, 0.6) is 5.75 Å². The van der Waals surface area contributed by atoms with Crippen LogP contribution in [0.15, 0.2) is 30.8 Å². The third kappa shape index (κ3) is 3.19. The molecule has 116 valence electrons. The molecule has 0 fully saturated rings. The molecule has 2 aromatic rings. The number of nitrogens with zero attached hydrogens (tertiary/aromatic N) is 1. The fourth-order valence-electron chi connectivity index (χ4n) is 2.09. The maximum absolute atomic E-state index is 11.9. The van der Waals surface area contributed by atoms with E-state index in [-0.39, 0.29) is 5.97 Å². The van der Waals surface area contributed by atoms with Crippen molar-refractivity contribution in [2.45, 2.75) is 13.8 Å². The second-order valence-electron chi connectivity index (χ2n) is 4.52. The number of pyridine rings is 1. The molecule has 0 aliphatic rings. The number of aromatic nitrogens is 1. The van der Waals surface area contributed by atoms with E-state index in [0.29, 0.717) is 41.5 Å². The monoisotopic (exact) mass is 301 g/mol. The molecular weight excluding hydrogens is 282 g/mol. The molecule has 0 unspecified atom stereocenters. The molecule has 0 aliphatic carbocycles. The lowest BCUT2D eigenvalue weighted by atomic mass is 10.1. The minimum absolute atomic E-state index is 0.324. The summed E-state index contributed by atoms with van der Waals surface area (Å²) in [4.78, 5) is 16.4. The van der Waals surface area contributed by atoms with Crippen molar-refractivity contribution >= 4 is 22.6 Å². The van der Waals surface area contributed by atoms with E-state index in [2.05, 4.69) is 11.6 Å². The number of carbonyl (C=O) groups is 1. The first-order valence-electron chi connectivity index (χ1n) is 7.08. The Morgan fingerprint density at radius 1 is 1.18 bits per heavy atom. The van der Waals surface area contributed by atoms with Crippen LogP contribution in [-0.2, 0) is 9.47 Å². The van der Waals surface area contributed by atoms with Gasteiger partial charge in [-0.25, -0.2) is 9.78 Å². The zero-order valence-electron chi connectivity index (χ0n) is 13.0. The topological polar surface area (TPSA) is 57.7 Å². The average Bonchev–Trinajstić information content (AvgIpc) is 2.53. The lowest BCUT2D eigenvalue weighted by Gasteiger charge is -2.11. The molecule has 22 heavy (non-hydrogen) atoms. The highest BCUT2D eigenvalue weighted by Crippen LogP contribution is 2.28. The second kappa shape index (κ2) is 6.93. The summed E-state index contributed by atoms with van der Waals surface area (Å²) >= 11 is 0. The van der Waals surface area contributed by atoms with E-state index in [1.54, 1.807) is 25.1 Å². The molecule has 0 aliphatic heterocycles. The van der Waals surface area contributed by atoms with Gasteiger partial charge in [0.2, 0.25) is 0 Å². The van der Waals surface area contributed by atoms with E-state index in [1.165, 1.54) is 7.11 Å². The van der Waals surface area contributed by atoms with Crippen molar-refractivity contribution in [2.24, 2.45) is 0 Å². The van der Waals surface area contributed by atoms with Crippen LogP contribution in [0, 0.1) is 0 Å². The Morgan fingerprint density at radius 2 is 1.91 bits per heavy atom. The Labute approximate surface area is 129 Å². The number of esters is 1. The summed E-state index contributed by atoms with van der Waals surface area (Å²) in [5, 5.41) is 0.787. The molecule has 0 saturated carbocycles. The molecule has 1 aromatic carbocycles. The lowest BCUT2D eigenvalue weighted by molar-refractivity contribution is 0.0526. The summed E-state index contributed by atoms with van der Waals surface area (Å²) in [5.41, 5.74) is 1.72. The first-order valence-corrected chi connectivity index (χ1v) is 7.08. The first-order chi connectivity index (χ1) is 10.6. The Hall–Kier alpha value is -2.56. The van der Waals surface area contributed by atoms with Gasteiger partial charge in [0.15, 0.2) is 0 Å². The van der Waals surface area contributed by atoms with Crippen LogP contribution in [-0.4, -0.2) is 31.3 Å². The van der Waals surface area contributed by atoms with E-state index < -0.39 is 0 Å². The summed E-state index contributed by atoms with van der Waals surface area (Å²) in [6.07, 6.45) is 0. The number of ether oxygens (including phenoxy) is 3.